The SMILES string of the molecule is COC(=O)c1noc2c1C(=O)C(SCCCCCNC(=O)Oc1ccccc1)=CC(=O)C2. The van der Waals surface area contributed by atoms with Crippen LogP contribution < -0.4 is 10.1 Å². The molecule has 9 nitrogen and oxygen atoms in total. The molecule has 1 N–H and O–H groups in total. The van der Waals surface area contributed by atoms with Crippen molar-refractivity contribution < 1.29 is 33.2 Å². The number of methoxy groups -OCH3 is 1. The summed E-state index contributed by atoms with van der Waals surface area (Å²) in [6.07, 6.45) is 2.94. The van der Waals surface area contributed by atoms with Gasteiger partial charge in [-0.25, -0.2) is 9.59 Å². The molecular weight excluding hydrogens is 436 g/mol. The Kier molecular flexibility index (Phi) is 8.20. The monoisotopic (exact) mass is 458 g/mol. The summed E-state index contributed by atoms with van der Waals surface area (Å²) in [4.78, 5) is 48.8. The summed E-state index contributed by atoms with van der Waals surface area (Å²) < 4.78 is 14.8. The molecule has 1 aliphatic carbocycles. The van der Waals surface area contributed by atoms with Gasteiger partial charge >= 0.3 is 12.1 Å². The van der Waals surface area contributed by atoms with Crippen LogP contribution in [0.3, 0.4) is 0 Å². The first-order valence-corrected chi connectivity index (χ1v) is 11.0. The van der Waals surface area contributed by atoms with Crippen LogP contribution >= 0.6 is 11.8 Å². The number of carbonyl (C=O) groups is 4. The van der Waals surface area contributed by atoms with Crippen LogP contribution in [0.15, 0.2) is 45.8 Å². The van der Waals surface area contributed by atoms with E-state index in [-0.39, 0.29) is 34.1 Å². The number of ketones is 2. The van der Waals surface area contributed by atoms with Gasteiger partial charge in [0.15, 0.2) is 11.5 Å². The van der Waals surface area contributed by atoms with Gasteiger partial charge in [-0.05, 0) is 36.8 Å². The van der Waals surface area contributed by atoms with E-state index in [0.29, 0.717) is 18.0 Å². The third-order valence-corrected chi connectivity index (χ3v) is 5.63. The molecule has 0 saturated carbocycles. The Morgan fingerprint density at radius 1 is 1.16 bits per heavy atom. The molecular formula is C22H22N2O7S. The van der Waals surface area contributed by atoms with Crippen molar-refractivity contribution in [2.45, 2.75) is 25.7 Å². The van der Waals surface area contributed by atoms with Gasteiger partial charge in [-0.3, -0.25) is 9.59 Å². The van der Waals surface area contributed by atoms with Crippen molar-refractivity contribution in [3.8, 4) is 5.75 Å². The number of fused-ring (bicyclic) bond motifs is 1. The fraction of sp³-hybridized carbons (Fsp3) is 0.318. The Labute approximate surface area is 188 Å². The second-order valence-electron chi connectivity index (χ2n) is 6.84. The van der Waals surface area contributed by atoms with E-state index < -0.39 is 17.8 Å². The van der Waals surface area contributed by atoms with Crippen molar-refractivity contribution in [2.75, 3.05) is 19.4 Å². The molecule has 1 amide bonds. The molecule has 0 radical (unpaired) electrons. The molecule has 0 atom stereocenters. The summed E-state index contributed by atoms with van der Waals surface area (Å²) in [6.45, 7) is 0.461. The van der Waals surface area contributed by atoms with Crippen LogP contribution in [0, 0.1) is 0 Å². The minimum Gasteiger partial charge on any atom is -0.464 e. The first-order valence-electron chi connectivity index (χ1n) is 9.99. The van der Waals surface area contributed by atoms with E-state index in [2.05, 4.69) is 15.2 Å². The Balaban J connectivity index is 1.42. The maximum absolute atomic E-state index is 12.9. The highest BCUT2D eigenvalue weighted by atomic mass is 32.2. The van der Waals surface area contributed by atoms with Crippen molar-refractivity contribution >= 4 is 35.4 Å². The molecule has 1 heterocycles. The second kappa shape index (κ2) is 11.3. The Hall–Kier alpha value is -3.40. The maximum Gasteiger partial charge on any atom is 0.412 e. The van der Waals surface area contributed by atoms with Crippen molar-refractivity contribution in [3.63, 3.8) is 0 Å². The van der Waals surface area contributed by atoms with Crippen molar-refractivity contribution in [3.05, 3.63) is 58.3 Å². The first kappa shape index (κ1) is 23.3. The van der Waals surface area contributed by atoms with E-state index in [1.165, 1.54) is 24.9 Å². The largest absolute Gasteiger partial charge is 0.464 e. The predicted molar refractivity (Wildman–Crippen MR) is 116 cm³/mol. The minimum absolute atomic E-state index is 0.0115. The van der Waals surface area contributed by atoms with Gasteiger partial charge in [0.25, 0.3) is 0 Å². The van der Waals surface area contributed by atoms with Crippen LogP contribution in [0.4, 0.5) is 4.79 Å². The van der Waals surface area contributed by atoms with Crippen LogP contribution in [0.5, 0.6) is 5.75 Å². The lowest BCUT2D eigenvalue weighted by Crippen LogP contribution is -2.27. The summed E-state index contributed by atoms with van der Waals surface area (Å²) in [7, 11) is 1.18. The van der Waals surface area contributed by atoms with Gasteiger partial charge in [0, 0.05) is 6.54 Å². The molecule has 2 aromatic rings. The van der Waals surface area contributed by atoms with Crippen molar-refractivity contribution in [2.24, 2.45) is 0 Å². The smallest absolute Gasteiger partial charge is 0.412 e. The molecule has 0 saturated heterocycles. The van der Waals surface area contributed by atoms with Gasteiger partial charge in [-0.2, -0.15) is 0 Å². The van der Waals surface area contributed by atoms with E-state index in [9.17, 15) is 19.2 Å². The summed E-state index contributed by atoms with van der Waals surface area (Å²) in [5.74, 6) is -0.422. The zero-order valence-electron chi connectivity index (χ0n) is 17.4. The average Bonchev–Trinajstić information content (AvgIpc) is 3.15. The van der Waals surface area contributed by atoms with E-state index in [1.807, 2.05) is 6.07 Å². The van der Waals surface area contributed by atoms with Crippen LogP contribution in [0.2, 0.25) is 0 Å². The van der Waals surface area contributed by atoms with Gasteiger partial charge in [-0.15, -0.1) is 11.8 Å². The van der Waals surface area contributed by atoms with Gasteiger partial charge in [0.2, 0.25) is 11.5 Å². The van der Waals surface area contributed by atoms with E-state index in [4.69, 9.17) is 9.26 Å². The fourth-order valence-corrected chi connectivity index (χ4v) is 3.99. The lowest BCUT2D eigenvalue weighted by atomic mass is 10.1. The number of nitrogens with one attached hydrogen (secondary N) is 1. The van der Waals surface area contributed by atoms with Crippen LogP contribution in [0.1, 0.15) is 45.9 Å². The van der Waals surface area contributed by atoms with Crippen molar-refractivity contribution in [1.82, 2.24) is 10.5 Å². The number of hydrogen-bond donors (Lipinski definition) is 1. The highest BCUT2D eigenvalue weighted by molar-refractivity contribution is 8.04. The predicted octanol–water partition coefficient (Wildman–Crippen LogP) is 3.35. The number of benzene rings is 1. The van der Waals surface area contributed by atoms with Crippen LogP contribution in [-0.4, -0.2) is 48.2 Å². The molecule has 0 fully saturated rings. The van der Waals surface area contributed by atoms with Gasteiger partial charge in [-0.1, -0.05) is 29.8 Å². The molecule has 3 rings (SSSR count). The molecule has 0 aliphatic heterocycles. The van der Waals surface area contributed by atoms with Gasteiger partial charge in [0.05, 0.1) is 18.4 Å². The zero-order chi connectivity index (χ0) is 22.9. The molecule has 0 unspecified atom stereocenters. The molecule has 1 aromatic carbocycles. The number of para-hydroxylation sites is 1. The number of Topliss-reactive ketones (excluding diaryl/α,β-unsaturated/α-hetero) is 1. The third-order valence-electron chi connectivity index (χ3n) is 4.52. The number of aromatic nitrogens is 1. The number of nitrogens with zero attached hydrogens (tertiary/aromatic N) is 1. The number of ether oxygens (including phenoxy) is 2. The van der Waals surface area contributed by atoms with Crippen LogP contribution in [0.25, 0.3) is 0 Å². The molecule has 1 aliphatic rings. The number of unbranched alkanes of at least 4 members (excludes halogenated alkanes) is 2. The molecule has 10 heteroatoms. The number of allylic oxidation sites excluding steroid dienone is 2. The quantitative estimate of drug-likeness (QED) is 0.445. The van der Waals surface area contributed by atoms with Crippen molar-refractivity contribution in [1.29, 1.82) is 0 Å². The molecule has 168 valence electrons. The number of amides is 1. The number of esters is 1. The molecule has 0 bridgehead atoms. The molecule has 1 aromatic heterocycles. The molecule has 32 heavy (non-hydrogen) atoms. The zero-order valence-corrected chi connectivity index (χ0v) is 18.2. The Morgan fingerprint density at radius 3 is 2.69 bits per heavy atom. The van der Waals surface area contributed by atoms with Crippen LogP contribution in [-0.2, 0) is 16.0 Å². The van der Waals surface area contributed by atoms with E-state index in [0.717, 1.165) is 19.3 Å². The summed E-state index contributed by atoms with van der Waals surface area (Å²) in [5.41, 5.74) is -0.232. The fourth-order valence-electron chi connectivity index (χ4n) is 2.97. The van der Waals surface area contributed by atoms with Gasteiger partial charge < -0.3 is 19.3 Å². The maximum atomic E-state index is 12.9. The first-order chi connectivity index (χ1) is 15.5. The highest BCUT2D eigenvalue weighted by Gasteiger charge is 2.33. The lowest BCUT2D eigenvalue weighted by molar-refractivity contribution is -0.114. The summed E-state index contributed by atoms with van der Waals surface area (Å²) in [5, 5.41) is 6.28. The topological polar surface area (TPSA) is 125 Å². The minimum atomic E-state index is -0.791. The number of hydrogen-bond acceptors (Lipinski definition) is 9. The van der Waals surface area contributed by atoms with E-state index >= 15 is 0 Å². The van der Waals surface area contributed by atoms with Gasteiger partial charge in [0.1, 0.15) is 11.3 Å². The molecule has 0 spiro atoms. The second-order valence-corrected chi connectivity index (χ2v) is 7.98. The standard InChI is InChI=1S/C22H22N2O7S/c1-29-21(27)19-18-16(31-24-19)12-14(25)13-17(20(18)26)32-11-7-3-6-10-23-22(28)30-15-8-4-2-5-9-15/h2,4-5,8-9,13H,3,6-7,10-12H2,1H3,(H,23,28). The number of rotatable bonds is 9. The normalized spacial score (nSPS) is 13.1. The summed E-state index contributed by atoms with van der Waals surface area (Å²) >= 11 is 1.24. The highest BCUT2D eigenvalue weighted by Crippen LogP contribution is 2.29. The Bertz CT molecular complexity index is 1030. The Morgan fingerprint density at radius 2 is 1.94 bits per heavy atom. The average molecular weight is 458 g/mol. The van der Waals surface area contributed by atoms with E-state index in [1.54, 1.807) is 24.3 Å². The summed E-state index contributed by atoms with van der Waals surface area (Å²) in [6, 6.07) is 8.79. The third kappa shape index (κ3) is 6.07. The lowest BCUT2D eigenvalue weighted by Gasteiger charge is -2.07. The number of thioether (sulfide) groups is 1. The number of carbonyl (C=O) groups excluding carboxylic acids is 4.